The first-order valence-corrected chi connectivity index (χ1v) is 7.47. The number of aromatic nitrogens is 2. The molecule has 26 heavy (non-hydrogen) atoms. The molecule has 1 amide bonds. The van der Waals surface area contributed by atoms with E-state index in [1.165, 1.54) is 13.2 Å². The van der Waals surface area contributed by atoms with Crippen molar-refractivity contribution >= 4 is 35.2 Å². The van der Waals surface area contributed by atoms with Crippen LogP contribution in [0.15, 0.2) is 18.2 Å². The Morgan fingerprint density at radius 2 is 2.08 bits per heavy atom. The molecule has 7 nitrogen and oxygen atoms in total. The number of halogens is 4. The largest absolute Gasteiger partial charge is 0.468 e. The number of fused-ring (bicyclic) bond motifs is 1. The van der Waals surface area contributed by atoms with Crippen LogP contribution in [-0.4, -0.2) is 47.8 Å². The molecule has 11 heteroatoms. The molecule has 2 atom stereocenters. The zero-order chi connectivity index (χ0) is 18.2. The Labute approximate surface area is 152 Å². The van der Waals surface area contributed by atoms with Gasteiger partial charge in [-0.2, -0.15) is 18.3 Å². The minimum Gasteiger partial charge on any atom is -0.468 e. The minimum absolute atomic E-state index is 0. The van der Waals surface area contributed by atoms with Crippen molar-refractivity contribution in [3.8, 4) is 0 Å². The first kappa shape index (κ1) is 20.0. The number of hydrogen-bond donors (Lipinski definition) is 3. The summed E-state index contributed by atoms with van der Waals surface area (Å²) in [5.74, 6) is -1.04. The number of methoxy groups -OCH3 is 1. The van der Waals surface area contributed by atoms with E-state index in [-0.39, 0.29) is 29.5 Å². The van der Waals surface area contributed by atoms with Crippen LogP contribution < -0.4 is 10.6 Å². The highest BCUT2D eigenvalue weighted by Gasteiger charge is 2.33. The van der Waals surface area contributed by atoms with Gasteiger partial charge >= 0.3 is 12.1 Å². The standard InChI is InChI=1S/C15H15F3N4O3.ClH/c1-25-14(24)11-5-8(6-19-11)20-13(23)12-9-4-7(15(16,17)18)2-3-10(9)21-22-12;/h2-4,8,11,19H,5-6H2,1H3,(H,20,23)(H,21,22);1H/t8-,11+;/m1./s1. The fraction of sp³-hybridized carbons (Fsp3) is 0.400. The predicted octanol–water partition coefficient (Wildman–Crippen LogP) is 1.64. The molecule has 1 aliphatic heterocycles. The number of hydrogen-bond acceptors (Lipinski definition) is 5. The summed E-state index contributed by atoms with van der Waals surface area (Å²) >= 11 is 0. The van der Waals surface area contributed by atoms with Crippen molar-refractivity contribution in [3.05, 3.63) is 29.5 Å². The summed E-state index contributed by atoms with van der Waals surface area (Å²) in [6.45, 7) is 0.349. The van der Waals surface area contributed by atoms with Crippen LogP contribution in [0.5, 0.6) is 0 Å². The molecule has 1 aromatic heterocycles. The fourth-order valence-electron chi connectivity index (χ4n) is 2.78. The van der Waals surface area contributed by atoms with Gasteiger partial charge in [0.2, 0.25) is 0 Å². The Morgan fingerprint density at radius 1 is 1.35 bits per heavy atom. The number of amides is 1. The number of alkyl halides is 3. The second kappa shape index (κ2) is 7.50. The number of rotatable bonds is 3. The van der Waals surface area contributed by atoms with Gasteiger partial charge in [0.15, 0.2) is 5.69 Å². The van der Waals surface area contributed by atoms with Crippen LogP contribution in [0.3, 0.4) is 0 Å². The number of benzene rings is 1. The van der Waals surface area contributed by atoms with Crippen LogP contribution in [0.25, 0.3) is 10.9 Å². The van der Waals surface area contributed by atoms with E-state index in [4.69, 9.17) is 0 Å². The highest BCUT2D eigenvalue weighted by molar-refractivity contribution is 6.05. The number of ether oxygens (including phenoxy) is 1. The highest BCUT2D eigenvalue weighted by Crippen LogP contribution is 2.31. The van der Waals surface area contributed by atoms with Gasteiger partial charge in [0.25, 0.3) is 5.91 Å². The minimum atomic E-state index is -4.51. The third kappa shape index (κ3) is 3.91. The SMILES string of the molecule is COC(=O)[C@@H]1C[C@@H](NC(=O)c2n[nH]c3ccc(C(F)(F)F)cc23)CN1.Cl. The van der Waals surface area contributed by atoms with Gasteiger partial charge in [0.05, 0.1) is 18.2 Å². The van der Waals surface area contributed by atoms with Gasteiger partial charge < -0.3 is 15.4 Å². The average molecular weight is 393 g/mol. The van der Waals surface area contributed by atoms with Crippen molar-refractivity contribution in [3.63, 3.8) is 0 Å². The predicted molar refractivity (Wildman–Crippen MR) is 88.0 cm³/mol. The first-order chi connectivity index (χ1) is 11.8. The molecule has 1 aromatic carbocycles. The molecule has 0 radical (unpaired) electrons. The van der Waals surface area contributed by atoms with Gasteiger partial charge in [-0.3, -0.25) is 14.7 Å². The van der Waals surface area contributed by atoms with Crippen molar-refractivity contribution in [1.29, 1.82) is 0 Å². The molecule has 142 valence electrons. The summed E-state index contributed by atoms with van der Waals surface area (Å²) in [7, 11) is 1.27. The molecule has 2 heterocycles. The number of carbonyl (C=O) groups excluding carboxylic acids is 2. The Balaban J connectivity index is 0.00000243. The molecule has 1 fully saturated rings. The van der Waals surface area contributed by atoms with E-state index in [0.717, 1.165) is 12.1 Å². The number of nitrogens with one attached hydrogen (secondary N) is 3. The van der Waals surface area contributed by atoms with Crippen molar-refractivity contribution < 1.29 is 27.5 Å². The van der Waals surface area contributed by atoms with Crippen molar-refractivity contribution in [2.24, 2.45) is 0 Å². The molecule has 1 aliphatic rings. The van der Waals surface area contributed by atoms with E-state index in [0.29, 0.717) is 18.5 Å². The van der Waals surface area contributed by atoms with Gasteiger partial charge in [-0.05, 0) is 24.6 Å². The Hall–Kier alpha value is -2.33. The van der Waals surface area contributed by atoms with E-state index < -0.39 is 29.7 Å². The van der Waals surface area contributed by atoms with Crippen LogP contribution in [-0.2, 0) is 15.7 Å². The Kier molecular flexibility index (Phi) is 5.77. The van der Waals surface area contributed by atoms with Gasteiger partial charge in [-0.1, -0.05) is 0 Å². The molecule has 0 saturated carbocycles. The van der Waals surface area contributed by atoms with E-state index in [1.54, 1.807) is 0 Å². The second-order valence-electron chi connectivity index (χ2n) is 5.72. The van der Waals surface area contributed by atoms with Crippen molar-refractivity contribution in [2.75, 3.05) is 13.7 Å². The summed E-state index contributed by atoms with van der Waals surface area (Å²) in [5, 5.41) is 12.0. The molecule has 0 spiro atoms. The third-order valence-corrected chi connectivity index (χ3v) is 4.06. The number of H-pyrrole nitrogens is 1. The maximum Gasteiger partial charge on any atom is 0.416 e. The van der Waals surface area contributed by atoms with Gasteiger partial charge in [0.1, 0.15) is 6.04 Å². The summed E-state index contributed by atoms with van der Waals surface area (Å²) in [5.41, 5.74) is -0.651. The molecule has 3 N–H and O–H groups in total. The summed E-state index contributed by atoms with van der Waals surface area (Å²) in [4.78, 5) is 23.8. The average Bonchev–Trinajstić information content (AvgIpc) is 3.19. The van der Waals surface area contributed by atoms with Crippen molar-refractivity contribution in [1.82, 2.24) is 20.8 Å². The molecular weight excluding hydrogens is 377 g/mol. The lowest BCUT2D eigenvalue weighted by molar-refractivity contribution is -0.142. The molecule has 0 aliphatic carbocycles. The van der Waals surface area contributed by atoms with Crippen LogP contribution in [0, 0.1) is 0 Å². The van der Waals surface area contributed by atoms with E-state index in [9.17, 15) is 22.8 Å². The zero-order valence-electron chi connectivity index (χ0n) is 13.5. The third-order valence-electron chi connectivity index (χ3n) is 4.06. The summed E-state index contributed by atoms with van der Waals surface area (Å²) in [6, 6.07) is 2.16. The first-order valence-electron chi connectivity index (χ1n) is 7.47. The molecule has 0 bridgehead atoms. The molecule has 1 saturated heterocycles. The van der Waals surface area contributed by atoms with Crippen LogP contribution in [0.1, 0.15) is 22.5 Å². The maximum absolute atomic E-state index is 12.9. The van der Waals surface area contributed by atoms with Crippen LogP contribution in [0.2, 0.25) is 0 Å². The van der Waals surface area contributed by atoms with Gasteiger partial charge in [-0.15, -0.1) is 12.4 Å². The molecular formula is C15H16ClF3N4O3. The maximum atomic E-state index is 12.9. The van der Waals surface area contributed by atoms with Crippen molar-refractivity contribution in [2.45, 2.75) is 24.7 Å². The Bertz CT molecular complexity index is 824. The second-order valence-corrected chi connectivity index (χ2v) is 5.72. The zero-order valence-corrected chi connectivity index (χ0v) is 14.3. The van der Waals surface area contributed by atoms with E-state index in [2.05, 4.69) is 25.6 Å². The lowest BCUT2D eigenvalue weighted by Crippen LogP contribution is -2.36. The van der Waals surface area contributed by atoms with Crippen LogP contribution in [0.4, 0.5) is 13.2 Å². The fourth-order valence-corrected chi connectivity index (χ4v) is 2.78. The smallest absolute Gasteiger partial charge is 0.416 e. The highest BCUT2D eigenvalue weighted by atomic mass is 35.5. The quantitative estimate of drug-likeness (QED) is 0.690. The Morgan fingerprint density at radius 3 is 2.73 bits per heavy atom. The number of carbonyl (C=O) groups is 2. The van der Waals surface area contributed by atoms with E-state index >= 15 is 0 Å². The lowest BCUT2D eigenvalue weighted by atomic mass is 10.1. The summed E-state index contributed by atoms with van der Waals surface area (Å²) < 4.78 is 43.2. The topological polar surface area (TPSA) is 96.1 Å². The molecule has 2 aromatic rings. The lowest BCUT2D eigenvalue weighted by Gasteiger charge is -2.11. The van der Waals surface area contributed by atoms with Crippen LogP contribution >= 0.6 is 12.4 Å². The van der Waals surface area contributed by atoms with Gasteiger partial charge in [0, 0.05) is 18.0 Å². The number of nitrogens with zero attached hydrogens (tertiary/aromatic N) is 1. The van der Waals surface area contributed by atoms with E-state index in [1.807, 2.05) is 0 Å². The molecule has 3 rings (SSSR count). The normalized spacial score (nSPS) is 19.8. The number of aromatic amines is 1. The monoisotopic (exact) mass is 392 g/mol. The summed E-state index contributed by atoms with van der Waals surface area (Å²) in [6.07, 6.45) is -4.18. The van der Waals surface area contributed by atoms with Gasteiger partial charge in [-0.25, -0.2) is 0 Å². The molecule has 0 unspecified atom stereocenters. The number of esters is 1.